The zero-order valence-electron chi connectivity index (χ0n) is 10.5. The molecule has 1 aromatic heterocycles. The number of nitrogens with one attached hydrogen (secondary N) is 1. The fraction of sp³-hybridized carbons (Fsp3) is 0.0769. The minimum absolute atomic E-state index is 0.0513. The van der Waals surface area contributed by atoms with Crippen molar-refractivity contribution in [3.63, 3.8) is 0 Å². The molecule has 5 nitrogen and oxygen atoms in total. The van der Waals surface area contributed by atoms with E-state index in [0.717, 1.165) is 6.26 Å². The van der Waals surface area contributed by atoms with Crippen molar-refractivity contribution in [2.45, 2.75) is 4.90 Å². The third-order valence-corrected chi connectivity index (χ3v) is 3.88. The van der Waals surface area contributed by atoms with Gasteiger partial charge in [-0.2, -0.15) is 0 Å². The second-order valence-corrected chi connectivity index (χ2v) is 6.50. The van der Waals surface area contributed by atoms with Crippen LogP contribution in [-0.2, 0) is 9.84 Å². The summed E-state index contributed by atoms with van der Waals surface area (Å²) in [5.41, 5.74) is 0.322. The van der Waals surface area contributed by atoms with Crippen molar-refractivity contribution in [2.75, 3.05) is 11.6 Å². The number of hydrogen-bond donors (Lipinski definition) is 1. The van der Waals surface area contributed by atoms with Gasteiger partial charge < -0.3 is 5.32 Å². The summed E-state index contributed by atoms with van der Waals surface area (Å²) in [7, 11) is -3.43. The van der Waals surface area contributed by atoms with Crippen LogP contribution in [0, 0.1) is 0 Å². The molecule has 0 bridgehead atoms. The Kier molecular flexibility index (Phi) is 4.06. The lowest BCUT2D eigenvalue weighted by molar-refractivity contribution is 0.102. The fourth-order valence-corrected chi connectivity index (χ4v) is 2.61. The molecule has 0 unspecified atom stereocenters. The first-order valence-corrected chi connectivity index (χ1v) is 7.87. The molecule has 2 aromatic rings. The zero-order valence-corrected chi connectivity index (χ0v) is 12.1. The van der Waals surface area contributed by atoms with E-state index in [2.05, 4.69) is 10.3 Å². The molecule has 0 radical (unpaired) electrons. The smallest absolute Gasteiger partial charge is 0.274 e. The summed E-state index contributed by atoms with van der Waals surface area (Å²) in [6.45, 7) is 0. The van der Waals surface area contributed by atoms with Gasteiger partial charge in [-0.1, -0.05) is 23.7 Å². The maximum absolute atomic E-state index is 12.0. The van der Waals surface area contributed by atoms with Crippen molar-refractivity contribution < 1.29 is 13.2 Å². The summed E-state index contributed by atoms with van der Waals surface area (Å²) in [4.78, 5) is 16.0. The van der Waals surface area contributed by atoms with Crippen LogP contribution in [0.1, 0.15) is 10.5 Å². The van der Waals surface area contributed by atoms with E-state index in [4.69, 9.17) is 11.6 Å². The second-order valence-electron chi connectivity index (χ2n) is 4.08. The number of anilines is 1. The van der Waals surface area contributed by atoms with Crippen LogP contribution in [0.3, 0.4) is 0 Å². The summed E-state index contributed by atoms with van der Waals surface area (Å²) in [5.74, 6) is -0.524. The lowest BCUT2D eigenvalue weighted by atomic mass is 10.3. The summed E-state index contributed by atoms with van der Waals surface area (Å²) >= 11 is 5.78. The van der Waals surface area contributed by atoms with Gasteiger partial charge >= 0.3 is 0 Å². The predicted octanol–water partition coefficient (Wildman–Crippen LogP) is 2.39. The van der Waals surface area contributed by atoms with E-state index in [9.17, 15) is 13.2 Å². The van der Waals surface area contributed by atoms with Crippen LogP contribution >= 0.6 is 11.6 Å². The van der Waals surface area contributed by atoms with Crippen molar-refractivity contribution in [1.82, 2.24) is 4.98 Å². The minimum Gasteiger partial charge on any atom is -0.319 e. The molecule has 0 spiro atoms. The van der Waals surface area contributed by atoms with E-state index in [1.807, 2.05) is 0 Å². The van der Waals surface area contributed by atoms with Gasteiger partial charge in [-0.05, 0) is 24.3 Å². The number of sulfone groups is 1. The number of pyridine rings is 1. The van der Waals surface area contributed by atoms with Crippen LogP contribution in [0.4, 0.5) is 5.69 Å². The van der Waals surface area contributed by atoms with E-state index in [1.54, 1.807) is 18.2 Å². The summed E-state index contributed by atoms with van der Waals surface area (Å²) in [6, 6.07) is 9.11. The monoisotopic (exact) mass is 310 g/mol. The highest BCUT2D eigenvalue weighted by Gasteiger charge is 2.15. The molecule has 1 aromatic carbocycles. The highest BCUT2D eigenvalue weighted by atomic mass is 35.5. The third-order valence-electron chi connectivity index (χ3n) is 2.49. The Morgan fingerprint density at radius 1 is 1.25 bits per heavy atom. The molecule has 2 rings (SSSR count). The van der Waals surface area contributed by atoms with Gasteiger partial charge in [0.25, 0.3) is 5.91 Å². The topological polar surface area (TPSA) is 76.1 Å². The quantitative estimate of drug-likeness (QED) is 0.944. The number of aromatic nitrogens is 1. The zero-order chi connectivity index (χ0) is 14.8. The molecule has 0 saturated carbocycles. The Bertz CT molecular complexity index is 760. The molecule has 1 N–H and O–H groups in total. The predicted molar refractivity (Wildman–Crippen MR) is 76.8 cm³/mol. The lowest BCUT2D eigenvalue weighted by Gasteiger charge is -2.09. The number of carbonyl (C=O) groups excluding carboxylic acids is 1. The second kappa shape index (κ2) is 5.60. The van der Waals surface area contributed by atoms with Crippen molar-refractivity contribution in [3.8, 4) is 0 Å². The lowest BCUT2D eigenvalue weighted by Crippen LogP contribution is -2.15. The van der Waals surface area contributed by atoms with Gasteiger partial charge in [-0.25, -0.2) is 8.42 Å². The van der Waals surface area contributed by atoms with Crippen LogP contribution in [0.5, 0.6) is 0 Å². The van der Waals surface area contributed by atoms with E-state index in [1.165, 1.54) is 24.4 Å². The van der Waals surface area contributed by atoms with Gasteiger partial charge in [0.2, 0.25) is 0 Å². The highest BCUT2D eigenvalue weighted by Crippen LogP contribution is 2.21. The van der Waals surface area contributed by atoms with Crippen LogP contribution < -0.4 is 5.32 Å². The molecular formula is C13H11ClN2O3S. The maximum atomic E-state index is 12.0. The first-order chi connectivity index (χ1) is 9.38. The SMILES string of the molecule is CS(=O)(=O)c1ccccc1NC(=O)c1cc(Cl)ccn1. The molecule has 104 valence electrons. The Balaban J connectivity index is 2.34. The van der Waals surface area contributed by atoms with E-state index in [0.29, 0.717) is 5.02 Å². The standard InChI is InChI=1S/C13H11ClN2O3S/c1-20(18,19)12-5-3-2-4-10(12)16-13(17)11-8-9(14)6-7-15-11/h2-8H,1H3,(H,16,17). The molecule has 1 heterocycles. The van der Waals surface area contributed by atoms with Crippen molar-refractivity contribution in [1.29, 1.82) is 0 Å². The van der Waals surface area contributed by atoms with Crippen LogP contribution in [0.25, 0.3) is 0 Å². The van der Waals surface area contributed by atoms with E-state index >= 15 is 0 Å². The Labute approximate surface area is 121 Å². The summed E-state index contributed by atoms with van der Waals surface area (Å²) in [5, 5.41) is 2.90. The molecule has 7 heteroatoms. The molecule has 0 fully saturated rings. The molecule has 20 heavy (non-hydrogen) atoms. The number of amides is 1. The molecule has 0 aliphatic carbocycles. The number of nitrogens with zero attached hydrogens (tertiary/aromatic N) is 1. The van der Waals surface area contributed by atoms with Crippen molar-refractivity contribution in [2.24, 2.45) is 0 Å². The molecule has 0 aliphatic heterocycles. The Morgan fingerprint density at radius 2 is 1.95 bits per heavy atom. The molecule has 0 saturated heterocycles. The molecule has 0 atom stereocenters. The largest absolute Gasteiger partial charge is 0.319 e. The molecular weight excluding hydrogens is 300 g/mol. The van der Waals surface area contributed by atoms with Crippen molar-refractivity contribution >= 4 is 33.0 Å². The van der Waals surface area contributed by atoms with Crippen LogP contribution in [-0.4, -0.2) is 25.6 Å². The van der Waals surface area contributed by atoms with Gasteiger partial charge in [-0.15, -0.1) is 0 Å². The summed E-state index contributed by atoms with van der Waals surface area (Å²) in [6.07, 6.45) is 2.48. The maximum Gasteiger partial charge on any atom is 0.274 e. The average Bonchev–Trinajstić information content (AvgIpc) is 2.38. The Morgan fingerprint density at radius 3 is 2.60 bits per heavy atom. The van der Waals surface area contributed by atoms with Crippen LogP contribution in [0.2, 0.25) is 5.02 Å². The van der Waals surface area contributed by atoms with Crippen LogP contribution in [0.15, 0.2) is 47.5 Å². The normalized spacial score (nSPS) is 11.1. The van der Waals surface area contributed by atoms with Gasteiger partial charge in [-0.3, -0.25) is 9.78 Å². The number of carbonyl (C=O) groups is 1. The Hall–Kier alpha value is -1.92. The van der Waals surface area contributed by atoms with Gasteiger partial charge in [0.1, 0.15) is 5.69 Å². The molecule has 1 amide bonds. The van der Waals surface area contributed by atoms with Gasteiger partial charge in [0, 0.05) is 17.5 Å². The van der Waals surface area contributed by atoms with Gasteiger partial charge in [0.15, 0.2) is 9.84 Å². The molecule has 0 aliphatic rings. The van der Waals surface area contributed by atoms with E-state index in [-0.39, 0.29) is 16.3 Å². The minimum atomic E-state index is -3.43. The van der Waals surface area contributed by atoms with Crippen molar-refractivity contribution in [3.05, 3.63) is 53.3 Å². The third kappa shape index (κ3) is 3.34. The average molecular weight is 311 g/mol. The number of para-hydroxylation sites is 1. The fourth-order valence-electron chi connectivity index (χ4n) is 1.61. The number of hydrogen-bond acceptors (Lipinski definition) is 4. The number of rotatable bonds is 3. The number of benzene rings is 1. The number of halogens is 1. The highest BCUT2D eigenvalue weighted by molar-refractivity contribution is 7.90. The van der Waals surface area contributed by atoms with E-state index < -0.39 is 15.7 Å². The first kappa shape index (κ1) is 14.5. The summed E-state index contributed by atoms with van der Waals surface area (Å²) < 4.78 is 23.3. The van der Waals surface area contributed by atoms with Gasteiger partial charge in [0.05, 0.1) is 10.6 Å². The first-order valence-electron chi connectivity index (χ1n) is 5.60.